The number of Topliss-reactive ketones (excluding diaryl/α,β-unsaturated/α-hetero) is 1. The highest BCUT2D eigenvalue weighted by Gasteiger charge is 2.34. The Labute approximate surface area is 323 Å². The van der Waals surface area contributed by atoms with E-state index in [0.29, 0.717) is 50.9 Å². The fourth-order valence-electron chi connectivity index (χ4n) is 3.79. The average Bonchev–Trinajstić information content (AvgIpc) is 3.15. The van der Waals surface area contributed by atoms with Gasteiger partial charge in [-0.25, -0.2) is 9.59 Å². The molecule has 1 fully saturated rings. The van der Waals surface area contributed by atoms with Gasteiger partial charge in [0.25, 0.3) is 0 Å². The third-order valence-electron chi connectivity index (χ3n) is 6.87. The molecule has 0 aromatic carbocycles. The quantitative estimate of drug-likeness (QED) is 0.0344. The van der Waals surface area contributed by atoms with Gasteiger partial charge < -0.3 is 33.7 Å². The molecule has 0 aromatic heterocycles. The zero-order valence-corrected chi connectivity index (χ0v) is 34.0. The molecule has 54 heavy (non-hydrogen) atoms. The summed E-state index contributed by atoms with van der Waals surface area (Å²) >= 11 is 0. The summed E-state index contributed by atoms with van der Waals surface area (Å²) < 4.78 is 20.6. The minimum absolute atomic E-state index is 0.0185. The molecule has 2 unspecified atom stereocenters. The molecule has 14 nitrogen and oxygen atoms in total. The highest BCUT2D eigenvalue weighted by molar-refractivity contribution is 5.86. The van der Waals surface area contributed by atoms with Crippen LogP contribution in [0.25, 0.3) is 0 Å². The maximum atomic E-state index is 12.0. The molecular weight excluding hydrogens is 702 g/mol. The Bertz CT molecular complexity index is 1070. The summed E-state index contributed by atoms with van der Waals surface area (Å²) in [6.07, 6.45) is 12.1. The molecule has 1 rings (SSSR count). The van der Waals surface area contributed by atoms with Gasteiger partial charge in [0, 0.05) is 50.2 Å². The minimum atomic E-state index is -0.829. The van der Waals surface area contributed by atoms with Crippen LogP contribution in [0.3, 0.4) is 0 Å². The second-order valence-corrected chi connectivity index (χ2v) is 11.7. The van der Waals surface area contributed by atoms with Crippen LogP contribution in [0.4, 0.5) is 0 Å². The molecule has 1 saturated heterocycles. The first-order valence-electron chi connectivity index (χ1n) is 18.9. The summed E-state index contributed by atoms with van der Waals surface area (Å²) in [5.41, 5.74) is 2.64. The fraction of sp³-hybridized carbons (Fsp3) is 0.675. The number of ether oxygens (including phenoxy) is 4. The number of rotatable bonds is 23. The number of ketones is 2. The molecular formula is C40H69NO13. The lowest BCUT2D eigenvalue weighted by atomic mass is 9.98. The summed E-state index contributed by atoms with van der Waals surface area (Å²) in [5.74, 6) is -2.22. The number of carbonyl (C=O) groups is 7. The average molecular weight is 772 g/mol. The first-order chi connectivity index (χ1) is 25.7. The zero-order valence-electron chi connectivity index (χ0n) is 34.0. The van der Waals surface area contributed by atoms with Crippen LogP contribution in [0, 0.1) is 5.92 Å². The monoisotopic (exact) mass is 771 g/mol. The maximum absolute atomic E-state index is 12.0. The molecule has 312 valence electrons. The second kappa shape index (κ2) is 41.6. The van der Waals surface area contributed by atoms with E-state index in [-0.39, 0.29) is 55.8 Å². The Morgan fingerprint density at radius 3 is 1.65 bits per heavy atom. The number of hydroxylamine groups is 1. The van der Waals surface area contributed by atoms with Crippen molar-refractivity contribution in [2.75, 3.05) is 19.8 Å². The normalized spacial score (nSPS) is 15.1. The van der Waals surface area contributed by atoms with Gasteiger partial charge in [-0.1, -0.05) is 73.6 Å². The van der Waals surface area contributed by atoms with Gasteiger partial charge in [0.05, 0.1) is 19.8 Å². The van der Waals surface area contributed by atoms with Crippen molar-refractivity contribution < 1.29 is 62.5 Å². The lowest BCUT2D eigenvalue weighted by molar-refractivity contribution is -0.191. The minimum Gasteiger partial charge on any atom is -0.481 e. The maximum Gasteiger partial charge on any atom is 0.330 e. The van der Waals surface area contributed by atoms with E-state index in [0.717, 1.165) is 37.8 Å². The molecule has 0 aliphatic carbocycles. The highest BCUT2D eigenvalue weighted by Crippen LogP contribution is 2.23. The van der Waals surface area contributed by atoms with E-state index < -0.39 is 24.1 Å². The van der Waals surface area contributed by atoms with Gasteiger partial charge in [0.1, 0.15) is 18.1 Å². The van der Waals surface area contributed by atoms with Crippen molar-refractivity contribution in [3.63, 3.8) is 0 Å². The topological polar surface area (TPSA) is 198 Å². The number of carbonyl (C=O) groups excluding carboxylic acids is 6. The highest BCUT2D eigenvalue weighted by atomic mass is 16.7. The van der Waals surface area contributed by atoms with Crippen molar-refractivity contribution in [3.8, 4) is 0 Å². The molecule has 0 saturated carbocycles. The third-order valence-corrected chi connectivity index (χ3v) is 6.87. The van der Waals surface area contributed by atoms with E-state index in [1.807, 2.05) is 27.7 Å². The van der Waals surface area contributed by atoms with Crippen LogP contribution >= 0.6 is 0 Å². The van der Waals surface area contributed by atoms with E-state index >= 15 is 0 Å². The molecule has 0 bridgehead atoms. The summed E-state index contributed by atoms with van der Waals surface area (Å²) in [4.78, 5) is 80.0. The van der Waals surface area contributed by atoms with Gasteiger partial charge in [-0.2, -0.15) is 0 Å². The molecule has 14 heteroatoms. The molecule has 0 aromatic rings. The number of hydrogen-bond donors (Lipinski definition) is 2. The lowest BCUT2D eigenvalue weighted by Gasteiger charge is -2.35. The fourth-order valence-corrected chi connectivity index (χ4v) is 3.79. The van der Waals surface area contributed by atoms with Gasteiger partial charge in [-0.05, 0) is 58.4 Å². The van der Waals surface area contributed by atoms with Gasteiger partial charge in [-0.15, -0.1) is 5.48 Å². The van der Waals surface area contributed by atoms with Crippen LogP contribution in [0.15, 0.2) is 38.0 Å². The van der Waals surface area contributed by atoms with Crippen LogP contribution in [0.5, 0.6) is 0 Å². The summed E-state index contributed by atoms with van der Waals surface area (Å²) in [6, 6.07) is 0. The van der Waals surface area contributed by atoms with Gasteiger partial charge in [-0.3, -0.25) is 19.2 Å². The third kappa shape index (κ3) is 42.2. The lowest BCUT2D eigenvalue weighted by Crippen LogP contribution is -2.48. The summed E-state index contributed by atoms with van der Waals surface area (Å²) in [5, 5.41) is 8.24. The van der Waals surface area contributed by atoms with Crippen LogP contribution in [-0.4, -0.2) is 78.7 Å². The van der Waals surface area contributed by atoms with Crippen LogP contribution in [0.1, 0.15) is 138 Å². The van der Waals surface area contributed by atoms with Crippen molar-refractivity contribution in [2.24, 2.45) is 5.92 Å². The molecule has 1 heterocycles. The standard InChI is InChI=1S/C19H31NO7.C8H12O4.C7H14O.C4H6O.C2H6/c1-4-6-9-18(23)27-20-19-14(3)15(11-13-25-19)26-17(22)10-7-8-12-24-16(21)5-2;1-2-8(11)12-6-4-3-5-7(9)10;1-3-4-5-6-7(2)8;1-3-4(2)5;1-2/h5,14-15,19-20H,2,4,6-13H2,1,3H3;2H,1,3-6H2,(H,9,10);3-6H2,1-2H3;3H,1H2,2H3;1-2H3/t14-,15?,19?;;;;/m1..../s1. The summed E-state index contributed by atoms with van der Waals surface area (Å²) in [6.45, 7) is 23.8. The number of esters is 3. The molecule has 0 spiro atoms. The van der Waals surface area contributed by atoms with Crippen molar-refractivity contribution in [3.05, 3.63) is 38.0 Å². The van der Waals surface area contributed by atoms with Crippen molar-refractivity contribution >= 4 is 41.4 Å². The van der Waals surface area contributed by atoms with E-state index in [1.165, 1.54) is 25.8 Å². The molecule has 0 amide bonds. The zero-order chi connectivity index (χ0) is 42.2. The summed E-state index contributed by atoms with van der Waals surface area (Å²) in [7, 11) is 0. The number of aliphatic carboxylic acids is 1. The smallest absolute Gasteiger partial charge is 0.330 e. The Morgan fingerprint density at radius 2 is 1.20 bits per heavy atom. The van der Waals surface area contributed by atoms with Crippen molar-refractivity contribution in [1.82, 2.24) is 5.48 Å². The van der Waals surface area contributed by atoms with E-state index in [2.05, 4.69) is 36.9 Å². The molecule has 1 aliphatic rings. The van der Waals surface area contributed by atoms with E-state index in [4.69, 9.17) is 24.2 Å². The number of allylic oxidation sites excluding steroid dienone is 1. The molecule has 3 atom stereocenters. The van der Waals surface area contributed by atoms with E-state index in [1.54, 1.807) is 6.92 Å². The largest absolute Gasteiger partial charge is 0.481 e. The number of carboxylic acids is 1. The van der Waals surface area contributed by atoms with Crippen LogP contribution in [-0.2, 0) is 57.3 Å². The number of hydrogen-bond acceptors (Lipinski definition) is 13. The van der Waals surface area contributed by atoms with E-state index in [9.17, 15) is 33.6 Å². The van der Waals surface area contributed by atoms with Gasteiger partial charge in [0.2, 0.25) is 0 Å². The molecule has 0 radical (unpaired) electrons. The van der Waals surface area contributed by atoms with Gasteiger partial charge >= 0.3 is 29.8 Å². The predicted octanol–water partition coefficient (Wildman–Crippen LogP) is 7.33. The Kier molecular flexibility index (Phi) is 43.6. The Hall–Kier alpha value is -4.17. The SMILES string of the molecule is C=CC(=O)OCCCCC(=O)O.C=CC(=O)OCCCCC(=O)OC1CCOC(NOC(=O)CCCC)[C@@H]1C.C=CC(C)=O.CC.CCCCCC(C)=O. The first-order valence-corrected chi connectivity index (χ1v) is 18.9. The Balaban J connectivity index is -0.000000379. The first kappa shape index (κ1) is 56.6. The number of nitrogens with one attached hydrogen (secondary N) is 1. The van der Waals surface area contributed by atoms with Crippen LogP contribution < -0.4 is 5.48 Å². The van der Waals surface area contributed by atoms with Crippen LogP contribution in [0.2, 0.25) is 0 Å². The number of unbranched alkanes of at least 4 members (excludes halogenated alkanes) is 5. The predicted molar refractivity (Wildman–Crippen MR) is 207 cm³/mol. The Morgan fingerprint density at radius 1 is 0.722 bits per heavy atom. The second-order valence-electron chi connectivity index (χ2n) is 11.7. The molecule has 1 aliphatic heterocycles. The number of carboxylic acid groups (broad SMARTS) is 1. The van der Waals surface area contributed by atoms with Crippen molar-refractivity contribution in [1.29, 1.82) is 0 Å². The van der Waals surface area contributed by atoms with Crippen molar-refractivity contribution in [2.45, 2.75) is 151 Å². The molecule has 2 N–H and O–H groups in total. The van der Waals surface area contributed by atoms with Gasteiger partial charge in [0.15, 0.2) is 5.78 Å².